The van der Waals surface area contributed by atoms with Gasteiger partial charge in [0.05, 0.1) is 16.7 Å². The lowest BCUT2D eigenvalue weighted by atomic mass is 9.99. The van der Waals surface area contributed by atoms with Crippen molar-refractivity contribution < 1.29 is 0 Å². The maximum Gasteiger partial charge on any atom is 0.164 e. The van der Waals surface area contributed by atoms with E-state index in [1.807, 2.05) is 30.3 Å². The second-order valence-electron chi connectivity index (χ2n) is 13.7. The van der Waals surface area contributed by atoms with Gasteiger partial charge in [-0.3, -0.25) is 4.40 Å². The number of hydrogen-bond acceptors (Lipinski definition) is 5. The topological polar surface area (TPSA) is 68.9 Å². The first-order valence-electron chi connectivity index (χ1n) is 18.3. The monoisotopic (exact) mass is 702 g/mol. The fourth-order valence-corrected chi connectivity index (χ4v) is 7.80. The molecule has 0 aliphatic heterocycles. The summed E-state index contributed by atoms with van der Waals surface area (Å²) in [4.78, 5) is 25.6. The van der Waals surface area contributed by atoms with Gasteiger partial charge in [0.15, 0.2) is 17.5 Å². The molecule has 0 saturated carbocycles. The molecule has 4 aromatic heterocycles. The Morgan fingerprint density at radius 2 is 0.927 bits per heavy atom. The Bertz CT molecular complexity index is 3170. The number of aromatic nitrogens is 6. The largest absolute Gasteiger partial charge is 0.298 e. The Morgan fingerprint density at radius 3 is 1.65 bits per heavy atom. The number of imidazole rings is 1. The van der Waals surface area contributed by atoms with Gasteiger partial charge < -0.3 is 0 Å². The molecule has 0 radical (unpaired) electrons. The molecule has 0 atom stereocenters. The zero-order valence-corrected chi connectivity index (χ0v) is 29.5. The van der Waals surface area contributed by atoms with Crippen LogP contribution in [0.3, 0.4) is 0 Å². The Labute approximate surface area is 316 Å². The van der Waals surface area contributed by atoms with Crippen LogP contribution < -0.4 is 0 Å². The first-order valence-corrected chi connectivity index (χ1v) is 18.3. The van der Waals surface area contributed by atoms with Crippen molar-refractivity contribution in [2.24, 2.45) is 0 Å². The van der Waals surface area contributed by atoms with Gasteiger partial charge in [-0.05, 0) is 56.9 Å². The second-order valence-corrected chi connectivity index (χ2v) is 13.7. The normalized spacial score (nSPS) is 11.6. The molecule has 256 valence electrons. The molecule has 0 fully saturated rings. The molecule has 6 heteroatoms. The van der Waals surface area contributed by atoms with Crippen LogP contribution in [-0.4, -0.2) is 29.3 Å². The van der Waals surface area contributed by atoms with Crippen molar-refractivity contribution >= 4 is 49.1 Å². The maximum absolute atomic E-state index is 5.21. The molecule has 0 amide bonds. The minimum absolute atomic E-state index is 0.622. The van der Waals surface area contributed by atoms with E-state index in [0.717, 1.165) is 88.2 Å². The zero-order chi connectivity index (χ0) is 36.3. The molecule has 0 aliphatic rings. The van der Waals surface area contributed by atoms with Gasteiger partial charge in [0.1, 0.15) is 11.2 Å². The summed E-state index contributed by atoms with van der Waals surface area (Å²) < 4.78 is 2.14. The van der Waals surface area contributed by atoms with Gasteiger partial charge in [0, 0.05) is 33.8 Å². The van der Waals surface area contributed by atoms with E-state index in [4.69, 9.17) is 24.9 Å². The number of para-hydroxylation sites is 1. The third kappa shape index (κ3) is 5.23. The molecule has 11 rings (SSSR count). The standard InChI is InChI=1S/C49H30N6/c1-3-18-37-32(12-1)14-10-21-39(37)48-52-47(53-49(54-48)40-22-11-15-33-13-2-4-19-38(33)40)34-27-25-31(26-28-34)35-16-9-17-36(30-35)44-46-45(41-20-5-6-23-42(41)50-44)51-43-24-7-8-29-55(43)46/h1-30H. The highest BCUT2D eigenvalue weighted by Gasteiger charge is 2.18. The van der Waals surface area contributed by atoms with Crippen molar-refractivity contribution in [2.75, 3.05) is 0 Å². The molecule has 11 aromatic rings. The van der Waals surface area contributed by atoms with Crippen LogP contribution in [0.25, 0.3) is 106 Å². The van der Waals surface area contributed by atoms with Crippen molar-refractivity contribution in [3.05, 3.63) is 182 Å². The van der Waals surface area contributed by atoms with Crippen LogP contribution in [0.15, 0.2) is 182 Å². The van der Waals surface area contributed by atoms with E-state index in [1.165, 1.54) is 0 Å². The average Bonchev–Trinajstić information content (AvgIpc) is 3.66. The maximum atomic E-state index is 5.21. The molecule has 6 nitrogen and oxygen atoms in total. The van der Waals surface area contributed by atoms with Gasteiger partial charge in [-0.15, -0.1) is 0 Å². The van der Waals surface area contributed by atoms with E-state index < -0.39 is 0 Å². The van der Waals surface area contributed by atoms with Gasteiger partial charge in [-0.25, -0.2) is 24.9 Å². The van der Waals surface area contributed by atoms with Gasteiger partial charge >= 0.3 is 0 Å². The quantitative estimate of drug-likeness (QED) is 0.179. The van der Waals surface area contributed by atoms with Crippen LogP contribution in [-0.2, 0) is 0 Å². The summed E-state index contributed by atoms with van der Waals surface area (Å²) in [5.74, 6) is 1.91. The second kappa shape index (κ2) is 12.5. The van der Waals surface area contributed by atoms with Crippen molar-refractivity contribution in [3.8, 4) is 56.5 Å². The summed E-state index contributed by atoms with van der Waals surface area (Å²) in [7, 11) is 0. The molecule has 0 unspecified atom stereocenters. The fraction of sp³-hybridized carbons (Fsp3) is 0. The minimum Gasteiger partial charge on any atom is -0.298 e. The highest BCUT2D eigenvalue weighted by molar-refractivity contribution is 6.09. The van der Waals surface area contributed by atoms with Crippen molar-refractivity contribution in [2.45, 2.75) is 0 Å². The van der Waals surface area contributed by atoms with Crippen LogP contribution in [0.4, 0.5) is 0 Å². The molecule has 55 heavy (non-hydrogen) atoms. The summed E-state index contributed by atoms with van der Waals surface area (Å²) >= 11 is 0. The SMILES string of the molecule is c1cc(-c2ccc(-c3nc(-c4cccc5ccccc45)nc(-c4cccc5ccccc45)n3)cc2)cc(-c2nc3ccccc3c3nc4ccccn4c23)c1. The van der Waals surface area contributed by atoms with E-state index in [0.29, 0.717) is 17.5 Å². The smallest absolute Gasteiger partial charge is 0.164 e. The molecule has 0 spiro atoms. The minimum atomic E-state index is 0.622. The molecule has 0 aliphatic carbocycles. The zero-order valence-electron chi connectivity index (χ0n) is 29.5. The molecule has 0 N–H and O–H groups in total. The Balaban J connectivity index is 1.03. The van der Waals surface area contributed by atoms with Gasteiger partial charge in [-0.1, -0.05) is 152 Å². The Hall–Kier alpha value is -7.57. The summed E-state index contributed by atoms with van der Waals surface area (Å²) in [5, 5.41) is 5.52. The lowest BCUT2D eigenvalue weighted by Gasteiger charge is -2.12. The Kier molecular flexibility index (Phi) is 7.07. The number of rotatable bonds is 5. The van der Waals surface area contributed by atoms with E-state index in [9.17, 15) is 0 Å². The van der Waals surface area contributed by atoms with E-state index in [-0.39, 0.29) is 0 Å². The predicted molar refractivity (Wildman–Crippen MR) is 224 cm³/mol. The molecular weight excluding hydrogens is 673 g/mol. The van der Waals surface area contributed by atoms with Gasteiger partial charge in [0.2, 0.25) is 0 Å². The summed E-state index contributed by atoms with van der Waals surface area (Å²) in [6, 6.07) is 60.7. The Morgan fingerprint density at radius 1 is 0.364 bits per heavy atom. The molecule has 4 heterocycles. The van der Waals surface area contributed by atoms with E-state index >= 15 is 0 Å². The summed E-state index contributed by atoms with van der Waals surface area (Å²) in [6.45, 7) is 0. The summed E-state index contributed by atoms with van der Waals surface area (Å²) in [6.07, 6.45) is 2.06. The predicted octanol–water partition coefficient (Wildman–Crippen LogP) is 11.9. The number of nitrogens with zero attached hydrogens (tertiary/aromatic N) is 6. The molecular formula is C49H30N6. The van der Waals surface area contributed by atoms with Gasteiger partial charge in [0.25, 0.3) is 0 Å². The van der Waals surface area contributed by atoms with Crippen LogP contribution in [0.2, 0.25) is 0 Å². The van der Waals surface area contributed by atoms with Crippen LogP contribution in [0.5, 0.6) is 0 Å². The third-order valence-electron chi connectivity index (χ3n) is 10.5. The van der Waals surface area contributed by atoms with Crippen molar-refractivity contribution in [1.29, 1.82) is 0 Å². The first kappa shape index (κ1) is 31.0. The fourth-order valence-electron chi connectivity index (χ4n) is 7.80. The highest BCUT2D eigenvalue weighted by Crippen LogP contribution is 2.36. The number of fused-ring (bicyclic) bond motifs is 7. The molecule has 0 bridgehead atoms. The van der Waals surface area contributed by atoms with E-state index in [1.54, 1.807) is 0 Å². The van der Waals surface area contributed by atoms with Crippen molar-refractivity contribution in [3.63, 3.8) is 0 Å². The lowest BCUT2D eigenvalue weighted by Crippen LogP contribution is -2.01. The number of benzene rings is 7. The average molecular weight is 703 g/mol. The van der Waals surface area contributed by atoms with Crippen LogP contribution in [0.1, 0.15) is 0 Å². The van der Waals surface area contributed by atoms with Crippen molar-refractivity contribution in [1.82, 2.24) is 29.3 Å². The number of pyridine rings is 2. The van der Waals surface area contributed by atoms with Crippen LogP contribution in [0, 0.1) is 0 Å². The van der Waals surface area contributed by atoms with E-state index in [2.05, 4.69) is 156 Å². The van der Waals surface area contributed by atoms with Crippen LogP contribution >= 0.6 is 0 Å². The lowest BCUT2D eigenvalue weighted by molar-refractivity contribution is 1.08. The summed E-state index contributed by atoms with van der Waals surface area (Å²) in [5.41, 5.74) is 10.7. The molecule has 0 saturated heterocycles. The van der Waals surface area contributed by atoms with Gasteiger partial charge in [-0.2, -0.15) is 0 Å². The number of hydrogen-bond donors (Lipinski definition) is 0. The third-order valence-corrected chi connectivity index (χ3v) is 10.5. The highest BCUT2D eigenvalue weighted by atomic mass is 15.0. The first-order chi connectivity index (χ1) is 27.2. The molecule has 7 aromatic carbocycles.